The van der Waals surface area contributed by atoms with Crippen LogP contribution in [0.2, 0.25) is 0 Å². The predicted molar refractivity (Wildman–Crippen MR) is 97.6 cm³/mol. The maximum Gasteiger partial charge on any atom is 0.410 e. The van der Waals surface area contributed by atoms with Gasteiger partial charge in [0.25, 0.3) is 0 Å². The molecule has 1 aliphatic rings. The van der Waals surface area contributed by atoms with Crippen molar-refractivity contribution in [2.75, 3.05) is 13.1 Å². The minimum absolute atomic E-state index is 0.197. The van der Waals surface area contributed by atoms with Gasteiger partial charge in [-0.05, 0) is 11.5 Å². The maximum atomic E-state index is 11.4. The van der Waals surface area contributed by atoms with Gasteiger partial charge in [-0.15, -0.1) is 0 Å². The third-order valence-electron chi connectivity index (χ3n) is 3.19. The van der Waals surface area contributed by atoms with Crippen LogP contribution in [0.5, 0.6) is 0 Å². The molecule has 1 fully saturated rings. The van der Waals surface area contributed by atoms with Crippen molar-refractivity contribution in [3.63, 3.8) is 0 Å². The molecule has 9 radical (unpaired) electrons. The quantitative estimate of drug-likeness (QED) is 0.703. The van der Waals surface area contributed by atoms with Crippen LogP contribution in [-0.4, -0.2) is 74.9 Å². The summed E-state index contributed by atoms with van der Waals surface area (Å²) in [5.41, 5.74) is 1.03. The zero-order chi connectivity index (χ0) is 16.5. The molecule has 0 bridgehead atoms. The van der Waals surface area contributed by atoms with Crippen molar-refractivity contribution < 1.29 is 9.53 Å². The first kappa shape index (κ1) is 19.0. The molecule has 22 heavy (non-hydrogen) atoms. The van der Waals surface area contributed by atoms with E-state index in [2.05, 4.69) is 6.92 Å². The van der Waals surface area contributed by atoms with E-state index < -0.39 is 6.39 Å². The fraction of sp³-hybridized carbons (Fsp3) is 0.417. The van der Waals surface area contributed by atoms with Gasteiger partial charge < -0.3 is 9.64 Å². The monoisotopic (exact) mass is 282 g/mol. The lowest BCUT2D eigenvalue weighted by Crippen LogP contribution is -2.48. The smallest absolute Gasteiger partial charge is 0.410 e. The van der Waals surface area contributed by atoms with Crippen LogP contribution >= 0.6 is 0 Å². The zero-order valence-electron chi connectivity index (χ0n) is 12.9. The summed E-state index contributed by atoms with van der Waals surface area (Å²) in [5, 5.41) is 0. The fourth-order valence-electron chi connectivity index (χ4n) is 1.79. The van der Waals surface area contributed by atoms with Crippen molar-refractivity contribution >= 4 is 56.9 Å². The first-order valence-electron chi connectivity index (χ1n) is 7.21. The van der Waals surface area contributed by atoms with Crippen LogP contribution in [0.4, 0.5) is 4.79 Å². The van der Waals surface area contributed by atoms with Crippen LogP contribution in [0.1, 0.15) is 12.5 Å². The summed E-state index contributed by atoms with van der Waals surface area (Å²) in [7, 11) is 21.6. The molecule has 1 aromatic carbocycles. The van der Waals surface area contributed by atoms with E-state index >= 15 is 0 Å². The third kappa shape index (κ3) is 6.80. The molecule has 2 rings (SSSR count). The van der Waals surface area contributed by atoms with Gasteiger partial charge in [-0.1, -0.05) is 37.3 Å². The summed E-state index contributed by atoms with van der Waals surface area (Å²) in [5.74, 6) is 0.620. The molecular weight excluding hydrogens is 266 g/mol. The van der Waals surface area contributed by atoms with Crippen molar-refractivity contribution in [2.24, 2.45) is 5.92 Å². The van der Waals surface area contributed by atoms with Gasteiger partial charge in [-0.2, -0.15) is 0 Å². The van der Waals surface area contributed by atoms with Crippen LogP contribution in [0.25, 0.3) is 0 Å². The first-order valence-corrected chi connectivity index (χ1v) is 7.21. The van der Waals surface area contributed by atoms with Gasteiger partial charge in [0.05, 0.1) is 0 Å². The van der Waals surface area contributed by atoms with Crippen molar-refractivity contribution in [1.29, 1.82) is 0 Å². The minimum Gasteiger partial charge on any atom is -0.445 e. The van der Waals surface area contributed by atoms with Crippen molar-refractivity contribution in [3.05, 3.63) is 35.9 Å². The normalized spacial score (nSPS) is 13.2. The number of amides is 1. The Morgan fingerprint density at radius 3 is 2.32 bits per heavy atom. The van der Waals surface area contributed by atoms with E-state index in [0.29, 0.717) is 12.5 Å². The molecule has 1 aromatic rings. The topological polar surface area (TPSA) is 29.5 Å². The van der Waals surface area contributed by atoms with Gasteiger partial charge >= 0.3 is 6.09 Å². The minimum atomic E-state index is -0.537. The van der Waals surface area contributed by atoms with E-state index in [1.54, 1.807) is 4.90 Å². The molecule has 0 N–H and O–H groups in total. The highest BCUT2D eigenvalue weighted by Gasteiger charge is 2.28. The van der Waals surface area contributed by atoms with Crippen LogP contribution in [0.15, 0.2) is 30.3 Å². The summed E-state index contributed by atoms with van der Waals surface area (Å²) in [6, 6.07) is 9.73. The Labute approximate surface area is 140 Å². The van der Waals surface area contributed by atoms with E-state index in [1.165, 1.54) is 7.06 Å². The molecule has 1 aliphatic heterocycles. The molecule has 0 spiro atoms. The van der Waals surface area contributed by atoms with E-state index in [1.807, 2.05) is 30.3 Å². The molecule has 3 nitrogen and oxygen atoms in total. The summed E-state index contributed by atoms with van der Waals surface area (Å²) < 4.78 is 5.17. The number of hydrogen-bond donors (Lipinski definition) is 0. The highest BCUT2D eigenvalue weighted by Crippen LogP contribution is 2.15. The van der Waals surface area contributed by atoms with Gasteiger partial charge in [-0.3, -0.25) is 0 Å². The van der Waals surface area contributed by atoms with Gasteiger partial charge in [0, 0.05) is 63.9 Å². The zero-order valence-corrected chi connectivity index (χ0v) is 12.9. The second-order valence-corrected chi connectivity index (χ2v) is 5.40. The maximum absolute atomic E-state index is 11.4. The second kappa shape index (κ2) is 9.86. The fourth-order valence-corrected chi connectivity index (χ4v) is 1.79. The van der Waals surface area contributed by atoms with Gasteiger partial charge in [0.15, 0.2) is 0 Å². The second-order valence-electron chi connectivity index (χ2n) is 5.40. The van der Waals surface area contributed by atoms with Crippen LogP contribution in [0.3, 0.4) is 0 Å². The largest absolute Gasteiger partial charge is 0.445 e. The number of nitrogens with zero attached hydrogens (tertiary/aromatic N) is 1. The van der Waals surface area contributed by atoms with Gasteiger partial charge in [0.1, 0.15) is 6.61 Å². The van der Waals surface area contributed by atoms with E-state index in [-0.39, 0.29) is 12.5 Å². The number of carbonyl (C=O) groups excluding carboxylic acids is 1. The highest BCUT2D eigenvalue weighted by atomic mass is 16.6. The third-order valence-corrected chi connectivity index (χ3v) is 3.19. The lowest BCUT2D eigenvalue weighted by molar-refractivity contribution is 0.0542. The molecule has 0 saturated carbocycles. The Kier molecular flexibility index (Phi) is 8.51. The van der Waals surface area contributed by atoms with Gasteiger partial charge in [0.2, 0.25) is 0 Å². The lowest BCUT2D eigenvalue weighted by atomic mass is 8.76. The van der Waals surface area contributed by atoms with Crippen molar-refractivity contribution in [3.8, 4) is 0 Å². The molecule has 0 unspecified atom stereocenters. The molecule has 0 atom stereocenters. The van der Waals surface area contributed by atoms with E-state index in [0.717, 1.165) is 18.7 Å². The van der Waals surface area contributed by atoms with Crippen LogP contribution < -0.4 is 0 Å². The summed E-state index contributed by atoms with van der Waals surface area (Å²) >= 11 is 0. The molecule has 10 heteroatoms. The number of rotatable bonds is 4. The molecule has 1 saturated heterocycles. The molecule has 0 aliphatic carbocycles. The number of hydrogen-bond acceptors (Lipinski definition) is 2. The predicted octanol–water partition coefficient (Wildman–Crippen LogP) is -0.391. The molecule has 1 amide bonds. The summed E-state index contributed by atoms with van der Waals surface area (Å²) in [4.78, 5) is 13.2. The lowest BCUT2D eigenvalue weighted by Gasteiger charge is -2.35. The Morgan fingerprint density at radius 2 is 1.91 bits per heavy atom. The number of ether oxygens (including phenoxy) is 1. The van der Waals surface area contributed by atoms with Crippen molar-refractivity contribution in [1.82, 2.24) is 4.90 Å². The number of carbonyl (C=O) groups is 1. The van der Waals surface area contributed by atoms with Crippen LogP contribution in [0, 0.1) is 5.92 Å². The number of likely N-dealkylation sites (tertiary alicyclic amines) is 1. The highest BCUT2D eigenvalue weighted by molar-refractivity contribution is 7.81. The standard InChI is InChI=1S/C12H15NO2.B7/c1-10-7-13(8-10)12(14)15-9-11-5-3-2-4-6-11;1-5-7(4)6(2)3/h2-6,10H,7-9H2,1H3;. The number of benzene rings is 1. The molecule has 0 aromatic heterocycles. The summed E-state index contributed by atoms with van der Waals surface area (Å²) in [6.07, 6.45) is -1.12. The van der Waals surface area contributed by atoms with Crippen molar-refractivity contribution in [2.45, 2.75) is 13.5 Å². The Bertz CT molecular complexity index is 442. The van der Waals surface area contributed by atoms with Crippen LogP contribution in [-0.2, 0) is 11.3 Å². The Hall–Kier alpha value is -1.06. The average molecular weight is 281 g/mol. The SMILES string of the molecule is CC1CN(C(=O)OCc2ccccc2)C1.[B][B]B([B])B([B])[B]. The molecule has 101 valence electrons. The molecular formula is C12H15B7NO2. The summed E-state index contributed by atoms with van der Waals surface area (Å²) in [6.45, 7) is 4.15. The Morgan fingerprint density at radius 1 is 1.32 bits per heavy atom. The Balaban J connectivity index is 0.000000295. The van der Waals surface area contributed by atoms with E-state index in [4.69, 9.17) is 35.7 Å². The van der Waals surface area contributed by atoms with E-state index in [9.17, 15) is 4.79 Å². The average Bonchev–Trinajstić information content (AvgIpc) is 2.50. The van der Waals surface area contributed by atoms with Gasteiger partial charge in [-0.25, -0.2) is 4.79 Å². The molecule has 1 heterocycles. The first-order chi connectivity index (χ1) is 10.4.